The molecule has 0 aliphatic heterocycles. The molecule has 10 heteroatoms. The molecule has 2 rings (SSSR count). The van der Waals surface area contributed by atoms with E-state index in [4.69, 9.17) is 9.05 Å². The van der Waals surface area contributed by atoms with Crippen molar-refractivity contribution in [1.82, 2.24) is 0 Å². The molecule has 0 amide bonds. The summed E-state index contributed by atoms with van der Waals surface area (Å²) in [6.07, 6.45) is 13.0. The zero-order valence-corrected chi connectivity index (χ0v) is 25.4. The normalized spacial score (nSPS) is 14.5. The van der Waals surface area contributed by atoms with E-state index in [2.05, 4.69) is 45.9 Å². The maximum atomic E-state index is 11.8. The Bertz CT molecular complexity index is 1310. The van der Waals surface area contributed by atoms with Gasteiger partial charge in [0.05, 0.1) is 0 Å². The van der Waals surface area contributed by atoms with Crippen molar-refractivity contribution < 1.29 is 37.8 Å². The molecule has 0 aliphatic carbocycles. The van der Waals surface area contributed by atoms with Crippen LogP contribution >= 0.6 is 15.6 Å². The first kappa shape index (κ1) is 33.0. The van der Waals surface area contributed by atoms with Gasteiger partial charge in [-0.05, 0) is 77.2 Å². The van der Waals surface area contributed by atoms with Crippen LogP contribution in [0.15, 0.2) is 59.7 Å². The molecule has 2 atom stereocenters. The van der Waals surface area contributed by atoms with Crippen molar-refractivity contribution in [3.8, 4) is 11.5 Å². The smallest absolute Gasteiger partial charge is 0.403 e. The molecule has 0 heterocycles. The topological polar surface area (TPSA) is 134 Å². The fraction of sp³-hybridized carbons (Fsp3) is 0.448. The zero-order valence-electron chi connectivity index (χ0n) is 23.6. The Morgan fingerprint density at radius 2 is 1.44 bits per heavy atom. The van der Waals surface area contributed by atoms with Crippen LogP contribution in [0, 0.1) is 18.8 Å². The van der Waals surface area contributed by atoms with E-state index in [1.165, 1.54) is 5.57 Å². The molecule has 0 radical (unpaired) electrons. The van der Waals surface area contributed by atoms with E-state index in [1.54, 1.807) is 31.2 Å². The second-order valence-corrected chi connectivity index (χ2v) is 12.7. The fourth-order valence-electron chi connectivity index (χ4n) is 4.35. The molecule has 0 saturated carbocycles. The Labute approximate surface area is 231 Å². The Morgan fingerprint density at radius 3 is 2.00 bits per heavy atom. The second-order valence-electron chi connectivity index (χ2n) is 10.4. The van der Waals surface area contributed by atoms with Gasteiger partial charge >= 0.3 is 15.6 Å². The minimum atomic E-state index is -4.93. The van der Waals surface area contributed by atoms with Crippen LogP contribution in [0.2, 0.25) is 0 Å². The number of phosphoric acid groups is 2. The van der Waals surface area contributed by atoms with Crippen molar-refractivity contribution in [1.29, 1.82) is 0 Å². The van der Waals surface area contributed by atoms with Crippen LogP contribution in [0.4, 0.5) is 0 Å². The highest BCUT2D eigenvalue weighted by Crippen LogP contribution is 2.50. The number of rotatable bonds is 14. The Kier molecular flexibility index (Phi) is 12.2. The quantitative estimate of drug-likeness (QED) is 0.131. The van der Waals surface area contributed by atoms with Gasteiger partial charge in [-0.25, -0.2) is 9.13 Å². The average Bonchev–Trinajstić information content (AvgIpc) is 2.82. The minimum Gasteiger partial charge on any atom is -0.403 e. The molecule has 0 saturated heterocycles. The first-order chi connectivity index (χ1) is 18.1. The summed E-state index contributed by atoms with van der Waals surface area (Å²) in [4.78, 5) is 38.2. The number of phosphoric ester groups is 2. The number of hydrogen-bond acceptors (Lipinski definition) is 4. The van der Waals surface area contributed by atoms with Crippen molar-refractivity contribution in [3.63, 3.8) is 0 Å². The monoisotopic (exact) mass is 580 g/mol. The van der Waals surface area contributed by atoms with Crippen LogP contribution in [-0.2, 0) is 15.6 Å². The molecule has 39 heavy (non-hydrogen) atoms. The molecule has 8 nitrogen and oxygen atoms in total. The number of benzene rings is 2. The zero-order chi connectivity index (χ0) is 29.4. The second kappa shape index (κ2) is 14.5. The molecule has 2 aromatic carbocycles. The Balaban J connectivity index is 2.29. The van der Waals surface area contributed by atoms with E-state index in [-0.39, 0.29) is 34.6 Å². The molecule has 0 fully saturated rings. The first-order valence-corrected chi connectivity index (χ1v) is 16.2. The van der Waals surface area contributed by atoms with Crippen LogP contribution in [0.3, 0.4) is 0 Å². The van der Waals surface area contributed by atoms with Crippen LogP contribution in [0.5, 0.6) is 11.5 Å². The number of hydrogen-bond donors (Lipinski definition) is 4. The van der Waals surface area contributed by atoms with Crippen LogP contribution in [0.1, 0.15) is 71.4 Å². The standard InChI is InChI=1S/C29H42O8P2/c1-20(2)12-11-14-21(3)13-7-8-15-22(4)23(5)18-19-25-24(6)28(36-38(30,31)32)26-16-9-10-17-27(26)29(25)37-39(33,34)35/h7,9-10,12-13,16-18,21-22H,8,11,14-15,19H2,1-6H3,(H2,30,31,32)(H2,33,34,35)/b13-7+,23-18+. The predicted octanol–water partition coefficient (Wildman–Crippen LogP) is 7.94. The molecule has 0 aromatic heterocycles. The molecule has 0 aliphatic rings. The van der Waals surface area contributed by atoms with Gasteiger partial charge < -0.3 is 9.05 Å². The SMILES string of the molecule is CC(C)=CCCC(C)/C=C/CCC(C)/C(C)=C/Cc1c(C)c(OP(=O)(O)O)c2ccccc2c1OP(=O)(O)O. The molecule has 4 N–H and O–H groups in total. The number of fused-ring (bicyclic) bond motifs is 1. The summed E-state index contributed by atoms with van der Waals surface area (Å²) in [5, 5.41) is 0.564. The molecule has 216 valence electrons. The molecule has 0 spiro atoms. The van der Waals surface area contributed by atoms with E-state index in [9.17, 15) is 28.7 Å². The molecule has 0 bridgehead atoms. The van der Waals surface area contributed by atoms with E-state index in [0.29, 0.717) is 17.0 Å². The lowest BCUT2D eigenvalue weighted by molar-refractivity contribution is 0.278. The summed E-state index contributed by atoms with van der Waals surface area (Å²) < 4.78 is 33.7. The third-order valence-corrected chi connectivity index (χ3v) is 7.56. The molecule has 2 aromatic rings. The van der Waals surface area contributed by atoms with E-state index in [1.807, 2.05) is 13.0 Å². The minimum absolute atomic E-state index is 0.0313. The summed E-state index contributed by atoms with van der Waals surface area (Å²) in [7, 11) is -9.83. The van der Waals surface area contributed by atoms with Crippen molar-refractivity contribution in [3.05, 3.63) is 70.8 Å². The maximum Gasteiger partial charge on any atom is 0.524 e. The Morgan fingerprint density at radius 1 is 0.872 bits per heavy atom. The highest BCUT2D eigenvalue weighted by atomic mass is 31.2. The molecule has 2 unspecified atom stereocenters. The third-order valence-electron chi connectivity index (χ3n) is 6.72. The molecular weight excluding hydrogens is 538 g/mol. The summed E-state index contributed by atoms with van der Waals surface area (Å²) in [5.74, 6) is 0.694. The van der Waals surface area contributed by atoms with Gasteiger partial charge in [0.1, 0.15) is 11.5 Å². The van der Waals surface area contributed by atoms with Crippen molar-refractivity contribution in [2.45, 2.75) is 73.6 Å². The summed E-state index contributed by atoms with van der Waals surface area (Å²) in [6, 6.07) is 6.42. The summed E-state index contributed by atoms with van der Waals surface area (Å²) >= 11 is 0. The van der Waals surface area contributed by atoms with Gasteiger partial charge in [0, 0.05) is 16.3 Å². The van der Waals surface area contributed by atoms with Gasteiger partial charge in [-0.2, -0.15) is 0 Å². The highest BCUT2D eigenvalue weighted by molar-refractivity contribution is 7.47. The first-order valence-electron chi connectivity index (χ1n) is 13.1. The van der Waals surface area contributed by atoms with E-state index in [0.717, 1.165) is 31.3 Å². The van der Waals surface area contributed by atoms with Gasteiger partial charge in [0.15, 0.2) is 0 Å². The van der Waals surface area contributed by atoms with Gasteiger partial charge in [-0.1, -0.05) is 73.6 Å². The number of allylic oxidation sites excluding steroid dienone is 6. The average molecular weight is 581 g/mol. The van der Waals surface area contributed by atoms with E-state index < -0.39 is 15.6 Å². The lowest BCUT2D eigenvalue weighted by Gasteiger charge is -2.21. The van der Waals surface area contributed by atoms with Gasteiger partial charge in [-0.3, -0.25) is 19.6 Å². The van der Waals surface area contributed by atoms with Gasteiger partial charge in [0.2, 0.25) is 0 Å². The fourth-order valence-corrected chi connectivity index (χ4v) is 5.27. The lowest BCUT2D eigenvalue weighted by atomic mass is 9.92. The predicted molar refractivity (Wildman–Crippen MR) is 157 cm³/mol. The third kappa shape index (κ3) is 11.1. The Hall–Kier alpha value is -2.18. The van der Waals surface area contributed by atoms with Crippen molar-refractivity contribution in [2.24, 2.45) is 11.8 Å². The van der Waals surface area contributed by atoms with Crippen molar-refractivity contribution in [2.75, 3.05) is 0 Å². The van der Waals surface area contributed by atoms with Gasteiger partial charge in [0.25, 0.3) is 0 Å². The van der Waals surface area contributed by atoms with Crippen LogP contribution in [0.25, 0.3) is 10.8 Å². The summed E-state index contributed by atoms with van der Waals surface area (Å²) in [5.41, 5.74) is 3.15. The van der Waals surface area contributed by atoms with Gasteiger partial charge in [-0.15, -0.1) is 0 Å². The maximum absolute atomic E-state index is 11.8. The summed E-state index contributed by atoms with van der Waals surface area (Å²) in [6.45, 7) is 12.2. The van der Waals surface area contributed by atoms with Crippen LogP contribution in [-0.4, -0.2) is 19.6 Å². The van der Waals surface area contributed by atoms with Crippen molar-refractivity contribution >= 4 is 26.4 Å². The lowest BCUT2D eigenvalue weighted by Crippen LogP contribution is -2.03. The van der Waals surface area contributed by atoms with E-state index >= 15 is 0 Å². The van der Waals surface area contributed by atoms with Crippen LogP contribution < -0.4 is 9.05 Å². The molecular formula is C29H42O8P2. The largest absolute Gasteiger partial charge is 0.524 e. The highest BCUT2D eigenvalue weighted by Gasteiger charge is 2.27.